The van der Waals surface area contributed by atoms with Gasteiger partial charge in [-0.2, -0.15) is 0 Å². The van der Waals surface area contributed by atoms with E-state index in [0.29, 0.717) is 17.4 Å². The summed E-state index contributed by atoms with van der Waals surface area (Å²) in [6.45, 7) is 3.33. The van der Waals surface area contributed by atoms with Crippen molar-refractivity contribution in [1.82, 2.24) is 10.2 Å². The predicted octanol–water partition coefficient (Wildman–Crippen LogP) is 6.17. The molecule has 3 aromatic carbocycles. The van der Waals surface area contributed by atoms with Crippen LogP contribution in [-0.2, 0) is 26.2 Å². The second kappa shape index (κ2) is 14.4. The molecule has 4 rings (SSSR count). The fraction of sp³-hybridized carbons (Fsp3) is 0.355. The second-order valence-electron chi connectivity index (χ2n) is 10.2. The average Bonchev–Trinajstić information content (AvgIpc) is 3.48. The molecule has 0 aliphatic heterocycles. The van der Waals surface area contributed by atoms with E-state index in [0.717, 1.165) is 40.0 Å². The number of rotatable bonds is 12. The number of anilines is 1. The monoisotopic (exact) mass is 675 g/mol. The summed E-state index contributed by atoms with van der Waals surface area (Å²) >= 11 is 9.50. The van der Waals surface area contributed by atoms with Gasteiger partial charge in [0.1, 0.15) is 18.3 Å². The molecule has 0 heterocycles. The first-order valence-corrected chi connectivity index (χ1v) is 16.6. The van der Waals surface area contributed by atoms with E-state index in [1.807, 2.05) is 24.3 Å². The van der Waals surface area contributed by atoms with Gasteiger partial charge in [0, 0.05) is 22.1 Å². The Morgan fingerprint density at radius 2 is 1.74 bits per heavy atom. The summed E-state index contributed by atoms with van der Waals surface area (Å²) in [6.07, 6.45) is 3.91. The first-order chi connectivity index (χ1) is 20.1. The van der Waals surface area contributed by atoms with Crippen LogP contribution in [0, 0.1) is 0 Å². The van der Waals surface area contributed by atoms with E-state index in [-0.39, 0.29) is 29.1 Å². The van der Waals surface area contributed by atoms with Gasteiger partial charge in [0.25, 0.3) is 10.0 Å². The normalized spacial score (nSPS) is 14.3. The summed E-state index contributed by atoms with van der Waals surface area (Å²) in [5, 5.41) is 3.46. The Hall–Kier alpha value is -3.08. The first kappa shape index (κ1) is 31.8. The zero-order valence-electron chi connectivity index (χ0n) is 23.6. The number of nitrogens with zero attached hydrogens (tertiary/aromatic N) is 2. The van der Waals surface area contributed by atoms with Gasteiger partial charge < -0.3 is 15.0 Å². The third kappa shape index (κ3) is 7.85. The van der Waals surface area contributed by atoms with Crippen molar-refractivity contribution in [1.29, 1.82) is 0 Å². The molecule has 0 spiro atoms. The number of ether oxygens (including phenoxy) is 1. The smallest absolute Gasteiger partial charge is 0.264 e. The predicted molar refractivity (Wildman–Crippen MR) is 168 cm³/mol. The Morgan fingerprint density at radius 3 is 2.40 bits per heavy atom. The Labute approximate surface area is 261 Å². The van der Waals surface area contributed by atoms with Crippen LogP contribution in [0.1, 0.15) is 45.1 Å². The second-order valence-corrected chi connectivity index (χ2v) is 13.4. The van der Waals surface area contributed by atoms with Gasteiger partial charge in [-0.05, 0) is 80.8 Å². The van der Waals surface area contributed by atoms with Gasteiger partial charge in [0.15, 0.2) is 0 Å². The minimum Gasteiger partial charge on any atom is -0.492 e. The molecule has 8 nitrogen and oxygen atoms in total. The quantitative estimate of drug-likeness (QED) is 0.248. The zero-order valence-corrected chi connectivity index (χ0v) is 26.8. The van der Waals surface area contributed by atoms with Crippen LogP contribution < -0.4 is 14.4 Å². The highest BCUT2D eigenvalue weighted by Gasteiger charge is 2.34. The molecule has 1 atom stereocenters. The lowest BCUT2D eigenvalue weighted by atomic mass is 10.1. The molecule has 0 bridgehead atoms. The standard InChI is InChI=1S/C31H35BrClN3O5S/c1-3-41-29-14-7-6-13-28(29)36(42(39,40)27-17-15-25(33)16-18-27)21-30(37)35(20-23-9-8-10-24(32)19-23)22(2)31(38)34-26-11-4-5-12-26/h6-10,13-19,22,26H,3-5,11-12,20-21H2,1-2H3,(H,34,38)/t22-/m1/s1. The molecule has 1 fully saturated rings. The summed E-state index contributed by atoms with van der Waals surface area (Å²) in [5.74, 6) is -0.490. The van der Waals surface area contributed by atoms with Crippen LogP contribution in [0.3, 0.4) is 0 Å². The van der Waals surface area contributed by atoms with Crippen LogP contribution in [0.15, 0.2) is 82.2 Å². The van der Waals surface area contributed by atoms with E-state index in [1.54, 1.807) is 38.1 Å². The maximum absolute atomic E-state index is 14.2. The molecular weight excluding hydrogens is 642 g/mol. The van der Waals surface area contributed by atoms with E-state index in [4.69, 9.17) is 16.3 Å². The Morgan fingerprint density at radius 1 is 1.05 bits per heavy atom. The van der Waals surface area contributed by atoms with Crippen molar-refractivity contribution in [2.45, 2.75) is 63.1 Å². The van der Waals surface area contributed by atoms with E-state index in [2.05, 4.69) is 21.2 Å². The Bertz CT molecular complexity index is 1500. The van der Waals surface area contributed by atoms with Crippen LogP contribution in [-0.4, -0.2) is 50.4 Å². The number of hydrogen-bond donors (Lipinski definition) is 1. The molecule has 0 saturated heterocycles. The minimum atomic E-state index is -4.25. The van der Waals surface area contributed by atoms with Gasteiger partial charge in [-0.15, -0.1) is 0 Å². The summed E-state index contributed by atoms with van der Waals surface area (Å²) in [6, 6.07) is 19.1. The van der Waals surface area contributed by atoms with Crippen molar-refractivity contribution in [3.63, 3.8) is 0 Å². The largest absolute Gasteiger partial charge is 0.492 e. The van der Waals surface area contributed by atoms with E-state index in [1.165, 1.54) is 29.2 Å². The number of amides is 2. The molecule has 42 heavy (non-hydrogen) atoms. The first-order valence-electron chi connectivity index (χ1n) is 13.9. The summed E-state index contributed by atoms with van der Waals surface area (Å²) < 4.78 is 35.8. The number of benzene rings is 3. The Kier molecular flexibility index (Phi) is 10.9. The fourth-order valence-electron chi connectivity index (χ4n) is 4.99. The summed E-state index contributed by atoms with van der Waals surface area (Å²) in [5.41, 5.74) is 1.01. The highest BCUT2D eigenvalue weighted by molar-refractivity contribution is 9.10. The van der Waals surface area contributed by atoms with Crippen molar-refractivity contribution in [2.75, 3.05) is 17.5 Å². The molecule has 0 aromatic heterocycles. The van der Waals surface area contributed by atoms with Crippen molar-refractivity contribution < 1.29 is 22.7 Å². The number of sulfonamides is 1. The van der Waals surface area contributed by atoms with Crippen LogP contribution in [0.5, 0.6) is 5.75 Å². The Balaban J connectivity index is 1.72. The van der Waals surface area contributed by atoms with Crippen molar-refractivity contribution >= 4 is 55.1 Å². The van der Waals surface area contributed by atoms with Crippen molar-refractivity contribution in [2.24, 2.45) is 0 Å². The highest BCUT2D eigenvalue weighted by atomic mass is 79.9. The van der Waals surface area contributed by atoms with Gasteiger partial charge in [-0.1, -0.05) is 64.6 Å². The number of hydrogen-bond acceptors (Lipinski definition) is 5. The van der Waals surface area contributed by atoms with Gasteiger partial charge in [-0.25, -0.2) is 8.42 Å². The summed E-state index contributed by atoms with van der Waals surface area (Å²) in [4.78, 5) is 28.9. The third-order valence-corrected chi connectivity index (χ3v) is 9.74. The lowest BCUT2D eigenvalue weighted by Crippen LogP contribution is -2.52. The molecular formula is C31H35BrClN3O5S. The molecule has 3 aromatic rings. The van der Waals surface area contributed by atoms with Crippen LogP contribution >= 0.6 is 27.5 Å². The third-order valence-electron chi connectivity index (χ3n) is 7.23. The molecule has 1 saturated carbocycles. The number of para-hydroxylation sites is 2. The molecule has 0 unspecified atom stereocenters. The SMILES string of the molecule is CCOc1ccccc1N(CC(=O)N(Cc1cccc(Br)c1)[C@H](C)C(=O)NC1CCCC1)S(=O)(=O)c1ccc(Cl)cc1. The topological polar surface area (TPSA) is 96.0 Å². The fourth-order valence-corrected chi connectivity index (χ4v) is 6.99. The number of carbonyl (C=O) groups excluding carboxylic acids is 2. The van der Waals surface area contributed by atoms with Crippen molar-refractivity contribution in [3.05, 3.63) is 87.9 Å². The van der Waals surface area contributed by atoms with E-state index >= 15 is 0 Å². The van der Waals surface area contributed by atoms with Gasteiger partial charge >= 0.3 is 0 Å². The lowest BCUT2D eigenvalue weighted by Gasteiger charge is -2.33. The summed E-state index contributed by atoms with van der Waals surface area (Å²) in [7, 11) is -4.25. The van der Waals surface area contributed by atoms with Gasteiger partial charge in [0.2, 0.25) is 11.8 Å². The molecule has 0 radical (unpaired) electrons. The van der Waals surface area contributed by atoms with Crippen LogP contribution in [0.4, 0.5) is 5.69 Å². The maximum atomic E-state index is 14.2. The number of carbonyl (C=O) groups is 2. The number of nitrogens with one attached hydrogen (secondary N) is 1. The van der Waals surface area contributed by atoms with E-state index in [9.17, 15) is 18.0 Å². The molecule has 1 aliphatic rings. The highest BCUT2D eigenvalue weighted by Crippen LogP contribution is 2.33. The lowest BCUT2D eigenvalue weighted by molar-refractivity contribution is -0.139. The molecule has 2 amide bonds. The van der Waals surface area contributed by atoms with Gasteiger partial charge in [-0.3, -0.25) is 13.9 Å². The maximum Gasteiger partial charge on any atom is 0.264 e. The minimum absolute atomic E-state index is 0.0310. The average molecular weight is 677 g/mol. The molecule has 1 aliphatic carbocycles. The van der Waals surface area contributed by atoms with Crippen LogP contribution in [0.2, 0.25) is 5.02 Å². The van der Waals surface area contributed by atoms with Crippen LogP contribution in [0.25, 0.3) is 0 Å². The van der Waals surface area contributed by atoms with E-state index < -0.39 is 28.5 Å². The van der Waals surface area contributed by atoms with Crippen molar-refractivity contribution in [3.8, 4) is 5.75 Å². The molecule has 1 N–H and O–H groups in total. The molecule has 224 valence electrons. The zero-order chi connectivity index (χ0) is 30.3. The number of halogens is 2. The molecule has 11 heteroatoms. The van der Waals surface area contributed by atoms with Gasteiger partial charge in [0.05, 0.1) is 17.2 Å².